The van der Waals surface area contributed by atoms with Crippen LogP contribution in [0, 0.1) is 0 Å². The SMILES string of the molecule is O=S(=O)(c1ccccc1)n1ccc2c(OCCNCCCCCNCc3ccccc3)cccc21. The summed E-state index contributed by atoms with van der Waals surface area (Å²) in [7, 11) is -3.65. The number of hydrogen-bond donors (Lipinski definition) is 2. The molecular formula is C28H33N3O3S. The van der Waals surface area contributed by atoms with Crippen molar-refractivity contribution < 1.29 is 13.2 Å². The maximum absolute atomic E-state index is 13.0. The number of unbranched alkanes of at least 4 members (excludes halogenated alkanes) is 2. The highest BCUT2D eigenvalue weighted by Crippen LogP contribution is 2.29. The van der Waals surface area contributed by atoms with Crippen LogP contribution in [0.5, 0.6) is 5.75 Å². The number of hydrogen-bond acceptors (Lipinski definition) is 5. The molecule has 0 aliphatic carbocycles. The zero-order valence-corrected chi connectivity index (χ0v) is 20.7. The Morgan fingerprint density at radius 3 is 2.20 bits per heavy atom. The van der Waals surface area contributed by atoms with Gasteiger partial charge in [-0.25, -0.2) is 12.4 Å². The van der Waals surface area contributed by atoms with Crippen molar-refractivity contribution in [1.82, 2.24) is 14.6 Å². The smallest absolute Gasteiger partial charge is 0.268 e. The van der Waals surface area contributed by atoms with Gasteiger partial charge in [0.1, 0.15) is 12.4 Å². The third-order valence-electron chi connectivity index (χ3n) is 5.87. The van der Waals surface area contributed by atoms with E-state index in [9.17, 15) is 8.42 Å². The molecule has 4 rings (SSSR count). The molecule has 35 heavy (non-hydrogen) atoms. The Labute approximate surface area is 208 Å². The number of fused-ring (bicyclic) bond motifs is 1. The summed E-state index contributed by atoms with van der Waals surface area (Å²) in [6.07, 6.45) is 5.06. The number of ether oxygens (including phenoxy) is 1. The molecule has 3 aromatic carbocycles. The molecule has 0 spiro atoms. The molecule has 0 amide bonds. The molecule has 0 fully saturated rings. The first-order valence-electron chi connectivity index (χ1n) is 12.1. The first-order valence-corrected chi connectivity index (χ1v) is 13.6. The lowest BCUT2D eigenvalue weighted by molar-refractivity contribution is 0.317. The topological polar surface area (TPSA) is 72.4 Å². The minimum absolute atomic E-state index is 0.264. The molecule has 1 aromatic heterocycles. The summed E-state index contributed by atoms with van der Waals surface area (Å²) in [5.41, 5.74) is 1.93. The fraction of sp³-hybridized carbons (Fsp3) is 0.286. The van der Waals surface area contributed by atoms with Crippen LogP contribution in [-0.2, 0) is 16.6 Å². The van der Waals surface area contributed by atoms with E-state index in [0.29, 0.717) is 17.9 Å². The minimum atomic E-state index is -3.65. The molecule has 0 bridgehead atoms. The maximum atomic E-state index is 13.0. The second-order valence-corrected chi connectivity index (χ2v) is 10.3. The largest absolute Gasteiger partial charge is 0.492 e. The molecule has 0 aliphatic heterocycles. The van der Waals surface area contributed by atoms with Crippen LogP contribution < -0.4 is 15.4 Å². The van der Waals surface area contributed by atoms with E-state index in [1.165, 1.54) is 16.0 Å². The quantitative estimate of drug-likeness (QED) is 0.248. The van der Waals surface area contributed by atoms with Crippen LogP contribution in [0.25, 0.3) is 10.9 Å². The number of benzene rings is 3. The zero-order chi connectivity index (χ0) is 24.3. The molecule has 184 valence electrons. The maximum Gasteiger partial charge on any atom is 0.268 e. The highest BCUT2D eigenvalue weighted by Gasteiger charge is 2.19. The molecule has 0 atom stereocenters. The number of nitrogens with one attached hydrogen (secondary N) is 2. The Bertz CT molecular complexity index is 1290. The molecule has 0 saturated heterocycles. The summed E-state index contributed by atoms with van der Waals surface area (Å²) in [5, 5.41) is 7.70. The van der Waals surface area contributed by atoms with Gasteiger partial charge < -0.3 is 15.4 Å². The molecule has 0 radical (unpaired) electrons. The van der Waals surface area contributed by atoms with Gasteiger partial charge in [-0.05, 0) is 61.8 Å². The number of nitrogens with zero attached hydrogens (tertiary/aromatic N) is 1. The molecule has 1 heterocycles. The van der Waals surface area contributed by atoms with Crippen molar-refractivity contribution in [2.75, 3.05) is 26.2 Å². The van der Waals surface area contributed by atoms with Gasteiger partial charge in [-0.1, -0.05) is 61.0 Å². The van der Waals surface area contributed by atoms with E-state index in [-0.39, 0.29) is 4.90 Å². The van der Waals surface area contributed by atoms with Gasteiger partial charge in [0.25, 0.3) is 10.0 Å². The van der Waals surface area contributed by atoms with E-state index in [1.54, 1.807) is 48.7 Å². The minimum Gasteiger partial charge on any atom is -0.492 e. The highest BCUT2D eigenvalue weighted by atomic mass is 32.2. The van der Waals surface area contributed by atoms with Gasteiger partial charge in [0.2, 0.25) is 0 Å². The number of rotatable bonds is 14. The molecule has 7 heteroatoms. The highest BCUT2D eigenvalue weighted by molar-refractivity contribution is 7.90. The Hall–Kier alpha value is -3.13. The summed E-state index contributed by atoms with van der Waals surface area (Å²) < 4.78 is 33.4. The Morgan fingerprint density at radius 2 is 1.43 bits per heavy atom. The van der Waals surface area contributed by atoms with Crippen LogP contribution in [0.15, 0.2) is 96.0 Å². The van der Waals surface area contributed by atoms with E-state index in [2.05, 4.69) is 34.9 Å². The lowest BCUT2D eigenvalue weighted by Crippen LogP contribution is -2.22. The molecule has 0 unspecified atom stereocenters. The third kappa shape index (κ3) is 6.72. The Kier molecular flexibility index (Phi) is 8.95. The number of aromatic nitrogens is 1. The Balaban J connectivity index is 1.17. The van der Waals surface area contributed by atoms with Gasteiger partial charge in [0, 0.05) is 24.7 Å². The van der Waals surface area contributed by atoms with Gasteiger partial charge in [-0.3, -0.25) is 0 Å². The summed E-state index contributed by atoms with van der Waals surface area (Å²) in [6.45, 7) is 4.17. The van der Waals surface area contributed by atoms with Crippen molar-refractivity contribution >= 4 is 20.9 Å². The standard InChI is InChI=1S/C28H33N3O3S/c32-35(33,25-13-6-2-7-14-25)31-21-17-26-27(31)15-10-16-28(26)34-22-20-29-18-8-3-9-19-30-23-24-11-4-1-5-12-24/h1-2,4-7,10-17,21,29-30H,3,8-9,18-20,22-23H2. The monoisotopic (exact) mass is 491 g/mol. The van der Waals surface area contributed by atoms with Crippen molar-refractivity contribution in [2.45, 2.75) is 30.7 Å². The molecule has 2 N–H and O–H groups in total. The predicted molar refractivity (Wildman–Crippen MR) is 141 cm³/mol. The normalized spacial score (nSPS) is 11.7. The van der Waals surface area contributed by atoms with Crippen LogP contribution in [0.4, 0.5) is 0 Å². The van der Waals surface area contributed by atoms with Crippen LogP contribution in [0.1, 0.15) is 24.8 Å². The van der Waals surface area contributed by atoms with Gasteiger partial charge in [0.05, 0.1) is 10.4 Å². The van der Waals surface area contributed by atoms with Crippen molar-refractivity contribution in [3.05, 3.63) is 96.7 Å². The summed E-state index contributed by atoms with van der Waals surface area (Å²) in [5.74, 6) is 0.691. The van der Waals surface area contributed by atoms with E-state index < -0.39 is 10.0 Å². The predicted octanol–water partition coefficient (Wildman–Crippen LogP) is 4.81. The first-order chi connectivity index (χ1) is 17.2. The summed E-state index contributed by atoms with van der Waals surface area (Å²) in [6, 6.07) is 26.2. The van der Waals surface area contributed by atoms with E-state index >= 15 is 0 Å². The fourth-order valence-corrected chi connectivity index (χ4v) is 5.39. The van der Waals surface area contributed by atoms with E-state index in [4.69, 9.17) is 4.74 Å². The van der Waals surface area contributed by atoms with Crippen LogP contribution in [0.3, 0.4) is 0 Å². The summed E-state index contributed by atoms with van der Waals surface area (Å²) in [4.78, 5) is 0.264. The second kappa shape index (κ2) is 12.5. The van der Waals surface area contributed by atoms with Crippen molar-refractivity contribution in [3.8, 4) is 5.75 Å². The molecular weight excluding hydrogens is 458 g/mol. The van der Waals surface area contributed by atoms with Crippen LogP contribution >= 0.6 is 0 Å². The second-order valence-electron chi connectivity index (χ2n) is 8.44. The third-order valence-corrected chi connectivity index (χ3v) is 7.58. The molecule has 0 aliphatic rings. The average Bonchev–Trinajstić information content (AvgIpc) is 3.34. The Morgan fingerprint density at radius 1 is 0.714 bits per heavy atom. The molecule has 6 nitrogen and oxygen atoms in total. The van der Waals surface area contributed by atoms with Gasteiger partial charge in [-0.2, -0.15) is 0 Å². The van der Waals surface area contributed by atoms with Crippen LogP contribution in [0.2, 0.25) is 0 Å². The van der Waals surface area contributed by atoms with Crippen molar-refractivity contribution in [1.29, 1.82) is 0 Å². The van der Waals surface area contributed by atoms with E-state index in [0.717, 1.165) is 44.4 Å². The first kappa shape index (κ1) is 25.0. The van der Waals surface area contributed by atoms with Gasteiger partial charge in [0.15, 0.2) is 0 Å². The molecule has 0 saturated carbocycles. The lowest BCUT2D eigenvalue weighted by atomic mass is 10.2. The molecule has 4 aromatic rings. The summed E-state index contributed by atoms with van der Waals surface area (Å²) >= 11 is 0. The fourth-order valence-electron chi connectivity index (χ4n) is 4.02. The zero-order valence-electron chi connectivity index (χ0n) is 19.9. The lowest BCUT2D eigenvalue weighted by Gasteiger charge is -2.10. The van der Waals surface area contributed by atoms with Gasteiger partial charge in [-0.15, -0.1) is 0 Å². The van der Waals surface area contributed by atoms with Crippen LogP contribution in [-0.4, -0.2) is 38.6 Å². The van der Waals surface area contributed by atoms with Crippen molar-refractivity contribution in [3.63, 3.8) is 0 Å². The van der Waals surface area contributed by atoms with Gasteiger partial charge >= 0.3 is 0 Å². The average molecular weight is 492 g/mol. The van der Waals surface area contributed by atoms with Crippen molar-refractivity contribution in [2.24, 2.45) is 0 Å². The van der Waals surface area contributed by atoms with E-state index in [1.807, 2.05) is 18.2 Å².